The van der Waals surface area contributed by atoms with Gasteiger partial charge in [-0.05, 0) is 19.1 Å². The van der Waals surface area contributed by atoms with Crippen molar-refractivity contribution in [2.75, 3.05) is 10.2 Å². The Morgan fingerprint density at radius 3 is 2.43 bits per heavy atom. The van der Waals surface area contributed by atoms with Crippen LogP contribution in [0.4, 0.5) is 11.4 Å². The van der Waals surface area contributed by atoms with E-state index < -0.39 is 5.91 Å². The molecule has 1 aliphatic rings. The number of imide groups is 1. The van der Waals surface area contributed by atoms with E-state index in [4.69, 9.17) is 0 Å². The highest BCUT2D eigenvalue weighted by Gasteiger charge is 2.32. The van der Waals surface area contributed by atoms with Crippen LogP contribution < -0.4 is 10.2 Å². The molecule has 1 saturated heterocycles. The molecule has 3 amide bonds. The lowest BCUT2D eigenvalue weighted by atomic mass is 10.2. The summed E-state index contributed by atoms with van der Waals surface area (Å²) in [5.74, 6) is -0.998. The van der Waals surface area contributed by atoms with Crippen molar-refractivity contribution >= 4 is 29.1 Å². The van der Waals surface area contributed by atoms with Crippen LogP contribution >= 0.6 is 0 Å². The minimum atomic E-state index is -0.455. The molecule has 0 bridgehead atoms. The van der Waals surface area contributed by atoms with Crippen LogP contribution in [0.5, 0.6) is 0 Å². The molecule has 1 aromatic heterocycles. The third kappa shape index (κ3) is 2.94. The number of hydrogen-bond donors (Lipinski definition) is 1. The Kier molecular flexibility index (Phi) is 3.84. The molecule has 2 heterocycles. The summed E-state index contributed by atoms with van der Waals surface area (Å²) in [7, 11) is 0. The van der Waals surface area contributed by atoms with Crippen LogP contribution in [-0.4, -0.2) is 27.7 Å². The second kappa shape index (κ2) is 5.96. The predicted octanol–water partition coefficient (Wildman–Crippen LogP) is 1.69. The van der Waals surface area contributed by atoms with Gasteiger partial charge in [-0.15, -0.1) is 0 Å². The molecule has 7 heteroatoms. The molecule has 1 aliphatic heterocycles. The number of aryl methyl sites for hydroxylation is 1. The van der Waals surface area contributed by atoms with Crippen molar-refractivity contribution < 1.29 is 14.4 Å². The minimum absolute atomic E-state index is 0.157. The fraction of sp³-hybridized carbons (Fsp3) is 0.188. The number of benzene rings is 1. The van der Waals surface area contributed by atoms with Crippen molar-refractivity contribution in [1.29, 1.82) is 0 Å². The van der Waals surface area contributed by atoms with Crippen LogP contribution in [0.1, 0.15) is 29.0 Å². The van der Waals surface area contributed by atoms with Crippen molar-refractivity contribution in [2.24, 2.45) is 0 Å². The van der Waals surface area contributed by atoms with Crippen LogP contribution in [0.15, 0.2) is 36.7 Å². The van der Waals surface area contributed by atoms with Gasteiger partial charge < -0.3 is 5.32 Å². The van der Waals surface area contributed by atoms with Crippen molar-refractivity contribution in [2.45, 2.75) is 19.8 Å². The molecule has 0 aliphatic carbocycles. The second-order valence-electron chi connectivity index (χ2n) is 5.14. The van der Waals surface area contributed by atoms with Crippen molar-refractivity contribution in [1.82, 2.24) is 9.97 Å². The Morgan fingerprint density at radius 2 is 1.78 bits per heavy atom. The number of aromatic nitrogens is 2. The van der Waals surface area contributed by atoms with Gasteiger partial charge in [-0.3, -0.25) is 19.4 Å². The van der Waals surface area contributed by atoms with E-state index >= 15 is 0 Å². The fourth-order valence-corrected chi connectivity index (χ4v) is 2.32. The molecule has 1 fully saturated rings. The first-order chi connectivity index (χ1) is 11.1. The van der Waals surface area contributed by atoms with E-state index in [1.54, 1.807) is 31.2 Å². The van der Waals surface area contributed by atoms with E-state index in [-0.39, 0.29) is 30.3 Å². The molecular weight excluding hydrogens is 296 g/mol. The number of nitrogens with zero attached hydrogens (tertiary/aromatic N) is 3. The summed E-state index contributed by atoms with van der Waals surface area (Å²) >= 11 is 0. The number of carbonyl (C=O) groups excluding carboxylic acids is 3. The van der Waals surface area contributed by atoms with Crippen LogP contribution in [0.3, 0.4) is 0 Å². The molecule has 0 spiro atoms. The highest BCUT2D eigenvalue weighted by molar-refractivity contribution is 6.22. The summed E-state index contributed by atoms with van der Waals surface area (Å²) in [6, 6.07) is 6.67. The van der Waals surface area contributed by atoms with Crippen LogP contribution in [0, 0.1) is 6.92 Å². The molecule has 0 atom stereocenters. The Labute approximate surface area is 132 Å². The first kappa shape index (κ1) is 14.8. The summed E-state index contributed by atoms with van der Waals surface area (Å²) in [6.45, 7) is 1.77. The van der Waals surface area contributed by atoms with Crippen LogP contribution in [0.2, 0.25) is 0 Å². The normalized spacial score (nSPS) is 14.2. The van der Waals surface area contributed by atoms with Gasteiger partial charge in [0.15, 0.2) is 0 Å². The number of anilines is 2. The molecule has 7 nitrogen and oxygen atoms in total. The van der Waals surface area contributed by atoms with Gasteiger partial charge in [0.25, 0.3) is 5.91 Å². The van der Waals surface area contributed by atoms with E-state index in [1.165, 1.54) is 12.4 Å². The second-order valence-corrected chi connectivity index (χ2v) is 5.14. The van der Waals surface area contributed by atoms with E-state index in [1.807, 2.05) is 0 Å². The fourth-order valence-electron chi connectivity index (χ4n) is 2.32. The summed E-state index contributed by atoms with van der Waals surface area (Å²) in [5.41, 5.74) is 1.61. The van der Waals surface area contributed by atoms with Crippen molar-refractivity contribution in [3.8, 4) is 0 Å². The molecule has 0 unspecified atom stereocenters. The molecule has 23 heavy (non-hydrogen) atoms. The van der Waals surface area contributed by atoms with Gasteiger partial charge in [0.05, 0.1) is 23.3 Å². The molecule has 116 valence electrons. The van der Waals surface area contributed by atoms with Gasteiger partial charge >= 0.3 is 0 Å². The molecule has 1 N–H and O–H groups in total. The Bertz CT molecular complexity index is 770. The maximum Gasteiger partial charge on any atom is 0.275 e. The molecular formula is C16H14N4O3. The molecule has 1 aromatic carbocycles. The summed E-state index contributed by atoms with van der Waals surface area (Å²) in [4.78, 5) is 45.2. The van der Waals surface area contributed by atoms with E-state index in [2.05, 4.69) is 15.3 Å². The molecule has 0 radical (unpaired) electrons. The molecule has 0 saturated carbocycles. The first-order valence-corrected chi connectivity index (χ1v) is 7.11. The number of nitrogens with one attached hydrogen (secondary N) is 1. The van der Waals surface area contributed by atoms with Crippen LogP contribution in [0.25, 0.3) is 0 Å². The number of rotatable bonds is 3. The third-order valence-electron chi connectivity index (χ3n) is 3.46. The molecule has 2 aromatic rings. The Balaban J connectivity index is 1.89. The topological polar surface area (TPSA) is 92.3 Å². The van der Waals surface area contributed by atoms with Crippen molar-refractivity contribution in [3.63, 3.8) is 0 Å². The van der Waals surface area contributed by atoms with Crippen molar-refractivity contribution in [3.05, 3.63) is 48.0 Å². The standard InChI is InChI=1S/C16H14N4O3/c1-10-8-18-12(9-17-10)16(23)19-11-4-2-3-5-13(11)20-14(21)6-7-15(20)22/h2-5,8-9H,6-7H2,1H3,(H,19,23). The average Bonchev–Trinajstić information content (AvgIpc) is 2.87. The zero-order valence-electron chi connectivity index (χ0n) is 12.4. The highest BCUT2D eigenvalue weighted by atomic mass is 16.2. The van der Waals surface area contributed by atoms with Gasteiger partial charge in [0.1, 0.15) is 5.69 Å². The summed E-state index contributed by atoms with van der Waals surface area (Å²) in [5, 5.41) is 2.68. The number of hydrogen-bond acceptors (Lipinski definition) is 5. The zero-order valence-corrected chi connectivity index (χ0v) is 12.4. The maximum atomic E-state index is 12.3. The number of carbonyl (C=O) groups is 3. The average molecular weight is 310 g/mol. The molecule has 3 rings (SSSR count). The Morgan fingerprint density at radius 1 is 1.09 bits per heavy atom. The van der Waals surface area contributed by atoms with E-state index in [0.29, 0.717) is 17.1 Å². The van der Waals surface area contributed by atoms with Gasteiger partial charge in [-0.25, -0.2) is 9.88 Å². The number of amides is 3. The van der Waals surface area contributed by atoms with Gasteiger partial charge in [-0.2, -0.15) is 0 Å². The van der Waals surface area contributed by atoms with Crippen LogP contribution in [-0.2, 0) is 9.59 Å². The quantitative estimate of drug-likeness (QED) is 0.871. The SMILES string of the molecule is Cc1cnc(C(=O)Nc2ccccc2N2C(=O)CCC2=O)cn1. The monoisotopic (exact) mass is 310 g/mol. The van der Waals surface area contributed by atoms with Gasteiger partial charge in [0, 0.05) is 19.0 Å². The maximum absolute atomic E-state index is 12.3. The lowest BCUT2D eigenvalue weighted by molar-refractivity contribution is -0.121. The lowest BCUT2D eigenvalue weighted by Crippen LogP contribution is -2.30. The number of para-hydroxylation sites is 2. The highest BCUT2D eigenvalue weighted by Crippen LogP contribution is 2.30. The van der Waals surface area contributed by atoms with Gasteiger partial charge in [0.2, 0.25) is 11.8 Å². The predicted molar refractivity (Wildman–Crippen MR) is 82.9 cm³/mol. The minimum Gasteiger partial charge on any atom is -0.319 e. The Hall–Kier alpha value is -3.09. The zero-order chi connectivity index (χ0) is 16.4. The van der Waals surface area contributed by atoms with E-state index in [9.17, 15) is 14.4 Å². The third-order valence-corrected chi connectivity index (χ3v) is 3.46. The largest absolute Gasteiger partial charge is 0.319 e. The first-order valence-electron chi connectivity index (χ1n) is 7.11. The smallest absolute Gasteiger partial charge is 0.275 e. The van der Waals surface area contributed by atoms with Gasteiger partial charge in [-0.1, -0.05) is 12.1 Å². The summed E-state index contributed by atoms with van der Waals surface area (Å²) < 4.78 is 0. The van der Waals surface area contributed by atoms with E-state index in [0.717, 1.165) is 4.90 Å². The lowest BCUT2D eigenvalue weighted by Gasteiger charge is -2.18. The summed E-state index contributed by atoms with van der Waals surface area (Å²) in [6.07, 6.45) is 3.24.